The Hall–Kier alpha value is -3.12. The van der Waals surface area contributed by atoms with Crippen LogP contribution in [0, 0.1) is 20.8 Å². The highest BCUT2D eigenvalue weighted by atomic mass is 32.2. The lowest BCUT2D eigenvalue weighted by atomic mass is 10.1. The number of thioether (sulfide) groups is 1. The molecule has 2 amide bonds. The molecule has 0 atom stereocenters. The van der Waals surface area contributed by atoms with Crippen molar-refractivity contribution in [2.24, 2.45) is 0 Å². The van der Waals surface area contributed by atoms with Crippen molar-refractivity contribution in [1.82, 2.24) is 9.88 Å². The molecule has 0 bridgehead atoms. The van der Waals surface area contributed by atoms with Crippen molar-refractivity contribution in [3.63, 3.8) is 0 Å². The molecule has 1 heterocycles. The van der Waals surface area contributed by atoms with Gasteiger partial charge in [-0.2, -0.15) is 0 Å². The van der Waals surface area contributed by atoms with E-state index in [1.54, 1.807) is 37.1 Å². The van der Waals surface area contributed by atoms with E-state index in [1.165, 1.54) is 4.90 Å². The van der Waals surface area contributed by atoms with Gasteiger partial charge in [0, 0.05) is 41.3 Å². The Labute approximate surface area is 187 Å². The standard InChI is InChI=1S/C25H27N3O2S/c1-17-12-18(2)24(19(3)13-17)27-23(29)15-28(4)25(30)21-7-9-22(10-8-21)31-16-20-6-5-11-26-14-20/h5-14H,15-16H2,1-4H3,(H,27,29). The number of aryl methyl sites for hydroxylation is 3. The summed E-state index contributed by atoms with van der Waals surface area (Å²) in [6, 6.07) is 15.5. The molecule has 1 N–H and O–H groups in total. The average molecular weight is 434 g/mol. The van der Waals surface area contributed by atoms with Crippen molar-refractivity contribution < 1.29 is 9.59 Å². The number of benzene rings is 2. The van der Waals surface area contributed by atoms with Crippen molar-refractivity contribution >= 4 is 29.3 Å². The van der Waals surface area contributed by atoms with Gasteiger partial charge in [-0.1, -0.05) is 23.8 Å². The fourth-order valence-corrected chi connectivity index (χ4v) is 4.24. The largest absolute Gasteiger partial charge is 0.332 e. The lowest BCUT2D eigenvalue weighted by molar-refractivity contribution is -0.116. The first kappa shape index (κ1) is 22.6. The Morgan fingerprint density at radius 3 is 2.32 bits per heavy atom. The van der Waals surface area contributed by atoms with Gasteiger partial charge in [0.25, 0.3) is 5.91 Å². The number of nitrogens with zero attached hydrogens (tertiary/aromatic N) is 2. The quantitative estimate of drug-likeness (QED) is 0.532. The third kappa shape index (κ3) is 6.18. The topological polar surface area (TPSA) is 62.3 Å². The zero-order valence-corrected chi connectivity index (χ0v) is 19.1. The number of aromatic nitrogens is 1. The Bertz CT molecular complexity index is 1040. The molecule has 0 fully saturated rings. The number of amides is 2. The highest BCUT2D eigenvalue weighted by molar-refractivity contribution is 7.98. The number of nitrogens with one attached hydrogen (secondary N) is 1. The van der Waals surface area contributed by atoms with Crippen LogP contribution in [-0.2, 0) is 10.5 Å². The molecule has 0 saturated carbocycles. The molecule has 0 aliphatic heterocycles. The smallest absolute Gasteiger partial charge is 0.254 e. The maximum atomic E-state index is 12.7. The Kier molecular flexibility index (Phi) is 7.47. The maximum absolute atomic E-state index is 12.7. The molecular formula is C25H27N3O2S. The first-order valence-electron chi connectivity index (χ1n) is 10.1. The first-order chi connectivity index (χ1) is 14.8. The highest BCUT2D eigenvalue weighted by Crippen LogP contribution is 2.24. The van der Waals surface area contributed by atoms with Gasteiger partial charge in [-0.15, -0.1) is 11.8 Å². The van der Waals surface area contributed by atoms with Crippen LogP contribution in [0.5, 0.6) is 0 Å². The molecule has 0 spiro atoms. The van der Waals surface area contributed by atoms with Crippen LogP contribution < -0.4 is 5.32 Å². The van der Waals surface area contributed by atoms with Gasteiger partial charge in [0.15, 0.2) is 0 Å². The van der Waals surface area contributed by atoms with Crippen molar-refractivity contribution in [3.05, 3.63) is 88.7 Å². The monoisotopic (exact) mass is 433 g/mol. The van der Waals surface area contributed by atoms with Crippen LogP contribution in [0.2, 0.25) is 0 Å². The molecule has 0 radical (unpaired) electrons. The third-order valence-corrected chi connectivity index (χ3v) is 5.98. The second-order valence-electron chi connectivity index (χ2n) is 7.66. The maximum Gasteiger partial charge on any atom is 0.254 e. The second-order valence-corrected chi connectivity index (χ2v) is 8.71. The molecule has 3 rings (SSSR count). The Morgan fingerprint density at radius 1 is 1.03 bits per heavy atom. The van der Waals surface area contributed by atoms with Crippen LogP contribution in [0.1, 0.15) is 32.6 Å². The second kappa shape index (κ2) is 10.3. The fourth-order valence-electron chi connectivity index (χ4n) is 3.41. The van der Waals surface area contributed by atoms with Crippen molar-refractivity contribution in [1.29, 1.82) is 0 Å². The summed E-state index contributed by atoms with van der Waals surface area (Å²) in [4.78, 5) is 31.9. The predicted octanol–water partition coefficient (Wildman–Crippen LogP) is 5.01. The van der Waals surface area contributed by atoms with E-state index in [-0.39, 0.29) is 18.4 Å². The van der Waals surface area contributed by atoms with Crippen LogP contribution in [0.15, 0.2) is 65.8 Å². The van der Waals surface area contributed by atoms with Crippen LogP contribution in [0.25, 0.3) is 0 Å². The Balaban J connectivity index is 1.56. The zero-order valence-electron chi connectivity index (χ0n) is 18.3. The lowest BCUT2D eigenvalue weighted by Gasteiger charge is -2.18. The van der Waals surface area contributed by atoms with Gasteiger partial charge in [-0.05, 0) is 67.8 Å². The summed E-state index contributed by atoms with van der Waals surface area (Å²) >= 11 is 1.69. The molecule has 5 nitrogen and oxygen atoms in total. The van der Waals surface area contributed by atoms with Gasteiger partial charge in [0.2, 0.25) is 5.91 Å². The average Bonchev–Trinajstić information content (AvgIpc) is 2.75. The summed E-state index contributed by atoms with van der Waals surface area (Å²) in [5.74, 6) is 0.421. The van der Waals surface area contributed by atoms with Gasteiger partial charge < -0.3 is 10.2 Å². The molecule has 0 aliphatic rings. The number of pyridine rings is 1. The number of hydrogen-bond acceptors (Lipinski definition) is 4. The fraction of sp³-hybridized carbons (Fsp3) is 0.240. The molecule has 0 aliphatic carbocycles. The van der Waals surface area contributed by atoms with E-state index in [1.807, 2.05) is 63.4 Å². The van der Waals surface area contributed by atoms with Gasteiger partial charge in [0.05, 0.1) is 6.54 Å². The number of rotatable bonds is 7. The number of hydrogen-bond donors (Lipinski definition) is 1. The third-order valence-electron chi connectivity index (χ3n) is 4.90. The minimum Gasteiger partial charge on any atom is -0.332 e. The molecule has 160 valence electrons. The number of carbonyl (C=O) groups excluding carboxylic acids is 2. The molecule has 1 aromatic heterocycles. The normalized spacial score (nSPS) is 10.6. The number of likely N-dealkylation sites (N-methyl/N-ethyl adjacent to an activating group) is 1. The van der Waals surface area contributed by atoms with Crippen LogP contribution in [0.3, 0.4) is 0 Å². The van der Waals surface area contributed by atoms with Crippen LogP contribution in [-0.4, -0.2) is 35.3 Å². The first-order valence-corrected chi connectivity index (χ1v) is 11.1. The van der Waals surface area contributed by atoms with E-state index in [0.717, 1.165) is 38.6 Å². The zero-order chi connectivity index (χ0) is 22.4. The minimum atomic E-state index is -0.213. The van der Waals surface area contributed by atoms with Crippen LogP contribution >= 0.6 is 11.8 Å². The summed E-state index contributed by atoms with van der Waals surface area (Å²) in [5, 5.41) is 2.94. The molecule has 0 saturated heterocycles. The van der Waals surface area contributed by atoms with E-state index in [9.17, 15) is 9.59 Å². The summed E-state index contributed by atoms with van der Waals surface area (Å²) in [6.07, 6.45) is 3.61. The molecule has 0 unspecified atom stereocenters. The Morgan fingerprint density at radius 2 is 1.71 bits per heavy atom. The molecule has 2 aromatic carbocycles. The molecule has 31 heavy (non-hydrogen) atoms. The summed E-state index contributed by atoms with van der Waals surface area (Å²) < 4.78 is 0. The van der Waals surface area contributed by atoms with Crippen molar-refractivity contribution in [3.8, 4) is 0 Å². The summed E-state index contributed by atoms with van der Waals surface area (Å²) in [7, 11) is 1.64. The van der Waals surface area contributed by atoms with E-state index in [4.69, 9.17) is 0 Å². The van der Waals surface area contributed by atoms with Gasteiger partial charge in [0.1, 0.15) is 0 Å². The van der Waals surface area contributed by atoms with E-state index < -0.39 is 0 Å². The molecule has 6 heteroatoms. The molecule has 3 aromatic rings. The van der Waals surface area contributed by atoms with E-state index in [0.29, 0.717) is 5.56 Å². The SMILES string of the molecule is Cc1cc(C)c(NC(=O)CN(C)C(=O)c2ccc(SCc3cccnc3)cc2)c(C)c1. The lowest BCUT2D eigenvalue weighted by Crippen LogP contribution is -2.35. The van der Waals surface area contributed by atoms with E-state index >= 15 is 0 Å². The van der Waals surface area contributed by atoms with Gasteiger partial charge in [-0.25, -0.2) is 0 Å². The van der Waals surface area contributed by atoms with Gasteiger partial charge >= 0.3 is 0 Å². The molecular weight excluding hydrogens is 406 g/mol. The number of carbonyl (C=O) groups is 2. The van der Waals surface area contributed by atoms with Gasteiger partial charge in [-0.3, -0.25) is 14.6 Å². The van der Waals surface area contributed by atoms with E-state index in [2.05, 4.69) is 10.3 Å². The number of anilines is 1. The van der Waals surface area contributed by atoms with Crippen molar-refractivity contribution in [2.75, 3.05) is 18.9 Å². The minimum absolute atomic E-state index is 0.0108. The summed E-state index contributed by atoms with van der Waals surface area (Å²) in [5.41, 5.74) is 5.70. The highest BCUT2D eigenvalue weighted by Gasteiger charge is 2.16. The predicted molar refractivity (Wildman–Crippen MR) is 126 cm³/mol. The van der Waals surface area contributed by atoms with Crippen LogP contribution in [0.4, 0.5) is 5.69 Å². The summed E-state index contributed by atoms with van der Waals surface area (Å²) in [6.45, 7) is 5.96. The van der Waals surface area contributed by atoms with Crippen molar-refractivity contribution in [2.45, 2.75) is 31.4 Å².